The highest BCUT2D eigenvalue weighted by Crippen LogP contribution is 2.02. The lowest BCUT2D eigenvalue weighted by atomic mass is 10.1. The van der Waals surface area contributed by atoms with Crippen LogP contribution < -0.4 is 10.6 Å². The lowest BCUT2D eigenvalue weighted by molar-refractivity contribution is -0.121. The summed E-state index contributed by atoms with van der Waals surface area (Å²) in [6.45, 7) is 7.63. The average Bonchev–Trinajstić information content (AvgIpc) is 2.24. The molecule has 1 aromatic carbocycles. The van der Waals surface area contributed by atoms with E-state index in [4.69, 9.17) is 0 Å². The van der Waals surface area contributed by atoms with Crippen molar-refractivity contribution in [2.24, 2.45) is 0 Å². The SMILES string of the molecule is Cc1ccc(C(=O)NCC(=O)NC(C)(C)C)cc1. The van der Waals surface area contributed by atoms with Crippen molar-refractivity contribution in [3.05, 3.63) is 35.4 Å². The van der Waals surface area contributed by atoms with Crippen LogP contribution in [0.4, 0.5) is 0 Å². The Hall–Kier alpha value is -1.84. The van der Waals surface area contributed by atoms with Gasteiger partial charge >= 0.3 is 0 Å². The van der Waals surface area contributed by atoms with Crippen molar-refractivity contribution in [1.82, 2.24) is 10.6 Å². The van der Waals surface area contributed by atoms with Gasteiger partial charge in [0.2, 0.25) is 5.91 Å². The highest BCUT2D eigenvalue weighted by atomic mass is 16.2. The maximum Gasteiger partial charge on any atom is 0.251 e. The van der Waals surface area contributed by atoms with E-state index in [0.717, 1.165) is 5.56 Å². The Morgan fingerprint density at radius 2 is 1.67 bits per heavy atom. The van der Waals surface area contributed by atoms with E-state index in [9.17, 15) is 9.59 Å². The number of nitrogens with one attached hydrogen (secondary N) is 2. The molecule has 0 aromatic heterocycles. The van der Waals surface area contributed by atoms with Crippen LogP contribution in [0.5, 0.6) is 0 Å². The number of aryl methyl sites for hydroxylation is 1. The molecule has 4 heteroatoms. The lowest BCUT2D eigenvalue weighted by Crippen LogP contribution is -2.45. The molecule has 0 unspecified atom stereocenters. The average molecular weight is 248 g/mol. The highest BCUT2D eigenvalue weighted by Gasteiger charge is 2.14. The monoisotopic (exact) mass is 248 g/mol. The Morgan fingerprint density at radius 3 is 2.17 bits per heavy atom. The van der Waals surface area contributed by atoms with Crippen LogP contribution in [0.1, 0.15) is 36.7 Å². The molecular weight excluding hydrogens is 228 g/mol. The van der Waals surface area contributed by atoms with E-state index < -0.39 is 0 Å². The summed E-state index contributed by atoms with van der Waals surface area (Å²) in [6.07, 6.45) is 0. The summed E-state index contributed by atoms with van der Waals surface area (Å²) in [6, 6.07) is 7.22. The largest absolute Gasteiger partial charge is 0.350 e. The zero-order chi connectivity index (χ0) is 13.8. The second kappa shape index (κ2) is 5.67. The van der Waals surface area contributed by atoms with Gasteiger partial charge in [0, 0.05) is 11.1 Å². The Balaban J connectivity index is 2.47. The van der Waals surface area contributed by atoms with Gasteiger partial charge in [0.1, 0.15) is 0 Å². The number of amides is 2. The smallest absolute Gasteiger partial charge is 0.251 e. The van der Waals surface area contributed by atoms with Crippen molar-refractivity contribution in [1.29, 1.82) is 0 Å². The Bertz CT molecular complexity index is 430. The van der Waals surface area contributed by atoms with Crippen molar-refractivity contribution >= 4 is 11.8 Å². The third-order valence-electron chi connectivity index (χ3n) is 2.24. The molecular formula is C14H20N2O2. The zero-order valence-corrected chi connectivity index (χ0v) is 11.3. The first-order chi connectivity index (χ1) is 8.28. The van der Waals surface area contributed by atoms with Gasteiger partial charge in [0.15, 0.2) is 0 Å². The van der Waals surface area contributed by atoms with Gasteiger partial charge in [-0.05, 0) is 39.8 Å². The van der Waals surface area contributed by atoms with Gasteiger partial charge in [0.25, 0.3) is 5.91 Å². The molecule has 0 aliphatic carbocycles. The van der Waals surface area contributed by atoms with Crippen LogP contribution in [0.3, 0.4) is 0 Å². The molecule has 2 N–H and O–H groups in total. The third kappa shape index (κ3) is 4.99. The van der Waals surface area contributed by atoms with Gasteiger partial charge in [0.05, 0.1) is 6.54 Å². The first kappa shape index (κ1) is 14.2. The van der Waals surface area contributed by atoms with Crippen molar-refractivity contribution < 1.29 is 9.59 Å². The molecule has 1 aromatic rings. The van der Waals surface area contributed by atoms with Crippen LogP contribution in [0, 0.1) is 6.92 Å². The predicted molar refractivity (Wildman–Crippen MR) is 71.4 cm³/mol. The predicted octanol–water partition coefficient (Wildman–Crippen LogP) is 1.64. The van der Waals surface area contributed by atoms with Crippen LogP contribution in [-0.4, -0.2) is 23.9 Å². The zero-order valence-electron chi connectivity index (χ0n) is 11.3. The summed E-state index contributed by atoms with van der Waals surface area (Å²) >= 11 is 0. The van der Waals surface area contributed by atoms with Crippen molar-refractivity contribution in [2.45, 2.75) is 33.2 Å². The maximum atomic E-state index is 11.7. The molecule has 0 aliphatic heterocycles. The Kier molecular flexibility index (Phi) is 4.48. The highest BCUT2D eigenvalue weighted by molar-refractivity contribution is 5.96. The van der Waals surface area contributed by atoms with Gasteiger partial charge in [-0.3, -0.25) is 9.59 Å². The molecule has 4 nitrogen and oxygen atoms in total. The first-order valence-electron chi connectivity index (χ1n) is 5.94. The second-order valence-electron chi connectivity index (χ2n) is 5.35. The molecule has 98 valence electrons. The minimum absolute atomic E-state index is 0.00994. The van der Waals surface area contributed by atoms with Crippen molar-refractivity contribution in [3.63, 3.8) is 0 Å². The van der Waals surface area contributed by atoms with Crippen molar-refractivity contribution in [2.75, 3.05) is 6.54 Å². The fourth-order valence-corrected chi connectivity index (χ4v) is 1.43. The molecule has 0 radical (unpaired) electrons. The van der Waals surface area contributed by atoms with Gasteiger partial charge in [-0.2, -0.15) is 0 Å². The molecule has 0 heterocycles. The summed E-state index contributed by atoms with van der Waals surface area (Å²) in [5, 5.41) is 5.37. The van der Waals surface area contributed by atoms with E-state index in [1.54, 1.807) is 12.1 Å². The van der Waals surface area contributed by atoms with E-state index in [-0.39, 0.29) is 23.9 Å². The normalized spacial score (nSPS) is 10.9. The third-order valence-corrected chi connectivity index (χ3v) is 2.24. The van der Waals surface area contributed by atoms with Crippen LogP contribution in [-0.2, 0) is 4.79 Å². The molecule has 0 saturated carbocycles. The second-order valence-corrected chi connectivity index (χ2v) is 5.35. The Labute approximate surface area is 108 Å². The summed E-state index contributed by atoms with van der Waals surface area (Å²) in [7, 11) is 0. The fraction of sp³-hybridized carbons (Fsp3) is 0.429. The van der Waals surface area contributed by atoms with Crippen LogP contribution >= 0.6 is 0 Å². The summed E-state index contributed by atoms with van der Waals surface area (Å²) in [5.41, 5.74) is 1.37. The number of hydrogen-bond acceptors (Lipinski definition) is 2. The van der Waals surface area contributed by atoms with Crippen molar-refractivity contribution in [3.8, 4) is 0 Å². The molecule has 0 bridgehead atoms. The topological polar surface area (TPSA) is 58.2 Å². The molecule has 1 rings (SSSR count). The van der Waals surface area contributed by atoms with E-state index in [1.165, 1.54) is 0 Å². The van der Waals surface area contributed by atoms with Crippen LogP contribution in [0.15, 0.2) is 24.3 Å². The molecule has 0 saturated heterocycles. The van der Waals surface area contributed by atoms with Crippen LogP contribution in [0.2, 0.25) is 0 Å². The number of rotatable bonds is 3. The van der Waals surface area contributed by atoms with E-state index in [1.807, 2.05) is 39.8 Å². The number of carbonyl (C=O) groups is 2. The van der Waals surface area contributed by atoms with Gasteiger partial charge in [-0.15, -0.1) is 0 Å². The minimum atomic E-state index is -0.286. The summed E-state index contributed by atoms with van der Waals surface area (Å²) in [5.74, 6) is -0.429. The van der Waals surface area contributed by atoms with Gasteiger partial charge in [-0.25, -0.2) is 0 Å². The minimum Gasteiger partial charge on any atom is -0.350 e. The quantitative estimate of drug-likeness (QED) is 0.854. The first-order valence-corrected chi connectivity index (χ1v) is 5.94. The molecule has 0 atom stereocenters. The van der Waals surface area contributed by atoms with E-state index in [0.29, 0.717) is 5.56 Å². The summed E-state index contributed by atoms with van der Waals surface area (Å²) in [4.78, 5) is 23.3. The number of benzene rings is 1. The number of carbonyl (C=O) groups excluding carboxylic acids is 2. The van der Waals surface area contributed by atoms with Gasteiger partial charge < -0.3 is 10.6 Å². The fourth-order valence-electron chi connectivity index (χ4n) is 1.43. The number of hydrogen-bond donors (Lipinski definition) is 2. The van der Waals surface area contributed by atoms with Crippen LogP contribution in [0.25, 0.3) is 0 Å². The van der Waals surface area contributed by atoms with E-state index in [2.05, 4.69) is 10.6 Å². The maximum absolute atomic E-state index is 11.7. The van der Waals surface area contributed by atoms with E-state index >= 15 is 0 Å². The Morgan fingerprint density at radius 1 is 1.11 bits per heavy atom. The molecule has 18 heavy (non-hydrogen) atoms. The lowest BCUT2D eigenvalue weighted by Gasteiger charge is -2.20. The molecule has 0 spiro atoms. The molecule has 2 amide bonds. The van der Waals surface area contributed by atoms with Gasteiger partial charge in [-0.1, -0.05) is 17.7 Å². The summed E-state index contributed by atoms with van der Waals surface area (Å²) < 4.78 is 0. The molecule has 0 fully saturated rings. The standard InChI is InChI=1S/C14H20N2O2/c1-10-5-7-11(8-6-10)13(18)15-9-12(17)16-14(2,3)4/h5-8H,9H2,1-4H3,(H,15,18)(H,16,17). The molecule has 0 aliphatic rings.